The van der Waals surface area contributed by atoms with Gasteiger partial charge in [-0.2, -0.15) is 12.6 Å². The summed E-state index contributed by atoms with van der Waals surface area (Å²) in [5.74, 6) is 0.805. The van der Waals surface area contributed by atoms with E-state index in [4.69, 9.17) is 4.74 Å². The van der Waals surface area contributed by atoms with E-state index in [1.807, 2.05) is 12.2 Å². The molecule has 0 rings (SSSR count). The molecule has 0 aliphatic heterocycles. The first-order valence-electron chi connectivity index (χ1n) is 4.75. The SMILES string of the molecule is CCCCCCOCC=CCS. The molecule has 1 nitrogen and oxygen atoms in total. The van der Waals surface area contributed by atoms with E-state index in [1.165, 1.54) is 25.7 Å². The quantitative estimate of drug-likeness (QED) is 0.350. The van der Waals surface area contributed by atoms with Crippen molar-refractivity contribution >= 4 is 12.6 Å². The van der Waals surface area contributed by atoms with Crippen LogP contribution in [0.4, 0.5) is 0 Å². The van der Waals surface area contributed by atoms with E-state index in [0.717, 1.165) is 19.0 Å². The van der Waals surface area contributed by atoms with Gasteiger partial charge in [0.1, 0.15) is 0 Å². The van der Waals surface area contributed by atoms with Crippen molar-refractivity contribution in [1.82, 2.24) is 0 Å². The Kier molecular flexibility index (Phi) is 11.1. The summed E-state index contributed by atoms with van der Waals surface area (Å²) in [6.45, 7) is 3.86. The third-order valence-corrected chi connectivity index (χ3v) is 1.84. The third kappa shape index (κ3) is 10.0. The van der Waals surface area contributed by atoms with Gasteiger partial charge in [-0.15, -0.1) is 0 Å². The first-order chi connectivity index (χ1) is 5.91. The molecule has 0 aliphatic rings. The summed E-state index contributed by atoms with van der Waals surface area (Å²) in [6, 6.07) is 0. The molecule has 0 unspecified atom stereocenters. The summed E-state index contributed by atoms with van der Waals surface area (Å²) in [5, 5.41) is 0. The molecule has 0 aliphatic carbocycles. The van der Waals surface area contributed by atoms with Crippen molar-refractivity contribution in [2.24, 2.45) is 0 Å². The molecule has 0 spiro atoms. The largest absolute Gasteiger partial charge is 0.377 e. The monoisotopic (exact) mass is 188 g/mol. The Hall–Kier alpha value is 0.0500. The number of hydrogen-bond donors (Lipinski definition) is 1. The van der Waals surface area contributed by atoms with Crippen LogP contribution in [-0.2, 0) is 4.74 Å². The fourth-order valence-corrected chi connectivity index (χ4v) is 1.07. The molecule has 0 fully saturated rings. The zero-order valence-electron chi connectivity index (χ0n) is 7.96. The van der Waals surface area contributed by atoms with Crippen molar-refractivity contribution in [3.8, 4) is 0 Å². The van der Waals surface area contributed by atoms with Crippen LogP contribution in [0.15, 0.2) is 12.2 Å². The maximum Gasteiger partial charge on any atom is 0.0647 e. The molecule has 0 bridgehead atoms. The van der Waals surface area contributed by atoms with Gasteiger partial charge in [-0.25, -0.2) is 0 Å². The molecule has 0 aromatic heterocycles. The van der Waals surface area contributed by atoms with E-state index in [-0.39, 0.29) is 0 Å². The van der Waals surface area contributed by atoms with Gasteiger partial charge in [-0.1, -0.05) is 38.3 Å². The Morgan fingerprint density at radius 3 is 2.67 bits per heavy atom. The molecule has 0 heterocycles. The molecule has 0 aromatic carbocycles. The van der Waals surface area contributed by atoms with Crippen molar-refractivity contribution in [1.29, 1.82) is 0 Å². The van der Waals surface area contributed by atoms with E-state index >= 15 is 0 Å². The van der Waals surface area contributed by atoms with Gasteiger partial charge < -0.3 is 4.74 Å². The minimum Gasteiger partial charge on any atom is -0.377 e. The lowest BCUT2D eigenvalue weighted by molar-refractivity contribution is 0.157. The van der Waals surface area contributed by atoms with Gasteiger partial charge in [0.25, 0.3) is 0 Å². The Morgan fingerprint density at radius 1 is 1.17 bits per heavy atom. The lowest BCUT2D eigenvalue weighted by Crippen LogP contribution is -1.94. The van der Waals surface area contributed by atoms with E-state index in [9.17, 15) is 0 Å². The molecule has 0 radical (unpaired) electrons. The van der Waals surface area contributed by atoms with Gasteiger partial charge in [0.2, 0.25) is 0 Å². The average Bonchev–Trinajstić information content (AvgIpc) is 2.10. The number of rotatable bonds is 8. The number of unbranched alkanes of at least 4 members (excludes halogenated alkanes) is 3. The van der Waals surface area contributed by atoms with Crippen molar-refractivity contribution < 1.29 is 4.74 Å². The number of thiol groups is 1. The van der Waals surface area contributed by atoms with Crippen LogP contribution in [0.2, 0.25) is 0 Å². The summed E-state index contributed by atoms with van der Waals surface area (Å²) in [6.07, 6.45) is 9.15. The maximum atomic E-state index is 5.36. The standard InChI is InChI=1S/C10H20OS/c1-2-3-4-5-8-11-9-6-7-10-12/h6-7,12H,2-5,8-10H2,1H3. The smallest absolute Gasteiger partial charge is 0.0647 e. The highest BCUT2D eigenvalue weighted by Crippen LogP contribution is 1.98. The molecule has 0 saturated carbocycles. The van der Waals surface area contributed by atoms with Crippen LogP contribution >= 0.6 is 12.6 Å². The zero-order chi connectivity index (χ0) is 9.07. The van der Waals surface area contributed by atoms with Gasteiger partial charge in [-0.3, -0.25) is 0 Å². The van der Waals surface area contributed by atoms with Crippen molar-refractivity contribution in [3.63, 3.8) is 0 Å². The zero-order valence-corrected chi connectivity index (χ0v) is 8.85. The van der Waals surface area contributed by atoms with Gasteiger partial charge in [0.15, 0.2) is 0 Å². The normalized spacial score (nSPS) is 11.2. The molecule has 0 amide bonds. The summed E-state index contributed by atoms with van der Waals surface area (Å²) in [4.78, 5) is 0. The van der Waals surface area contributed by atoms with Crippen LogP contribution in [0.25, 0.3) is 0 Å². The van der Waals surface area contributed by atoms with Crippen LogP contribution in [0.5, 0.6) is 0 Å². The Labute approximate surface area is 81.6 Å². The molecule has 0 atom stereocenters. The first-order valence-corrected chi connectivity index (χ1v) is 5.38. The van der Waals surface area contributed by atoms with Crippen molar-refractivity contribution in [2.45, 2.75) is 32.6 Å². The minimum atomic E-state index is 0.743. The summed E-state index contributed by atoms with van der Waals surface area (Å²) < 4.78 is 5.36. The van der Waals surface area contributed by atoms with Gasteiger partial charge in [-0.05, 0) is 6.42 Å². The molecule has 72 valence electrons. The second kappa shape index (κ2) is 11.1. The first kappa shape index (κ1) is 12.0. The summed E-state index contributed by atoms with van der Waals surface area (Å²) >= 11 is 4.05. The molecular formula is C10H20OS. The van der Waals surface area contributed by atoms with Crippen LogP contribution in [0.1, 0.15) is 32.6 Å². The average molecular weight is 188 g/mol. The highest BCUT2D eigenvalue weighted by Gasteiger charge is 1.86. The van der Waals surface area contributed by atoms with Crippen LogP contribution in [0, 0.1) is 0 Å². The summed E-state index contributed by atoms with van der Waals surface area (Å²) in [7, 11) is 0. The fourth-order valence-electron chi connectivity index (χ4n) is 0.925. The van der Waals surface area contributed by atoms with Gasteiger partial charge in [0.05, 0.1) is 6.61 Å². The molecule has 2 heteroatoms. The highest BCUT2D eigenvalue weighted by atomic mass is 32.1. The Bertz CT molecular complexity index is 102. The molecular weight excluding hydrogens is 168 g/mol. The lowest BCUT2D eigenvalue weighted by atomic mass is 10.2. The summed E-state index contributed by atoms with van der Waals surface area (Å²) in [5.41, 5.74) is 0. The number of ether oxygens (including phenoxy) is 1. The third-order valence-electron chi connectivity index (χ3n) is 1.63. The highest BCUT2D eigenvalue weighted by molar-refractivity contribution is 7.80. The molecule has 0 saturated heterocycles. The number of hydrogen-bond acceptors (Lipinski definition) is 2. The molecule has 12 heavy (non-hydrogen) atoms. The van der Waals surface area contributed by atoms with Crippen molar-refractivity contribution in [3.05, 3.63) is 12.2 Å². The van der Waals surface area contributed by atoms with E-state index < -0.39 is 0 Å². The van der Waals surface area contributed by atoms with E-state index in [2.05, 4.69) is 19.6 Å². The van der Waals surface area contributed by atoms with Crippen molar-refractivity contribution in [2.75, 3.05) is 19.0 Å². The topological polar surface area (TPSA) is 9.23 Å². The van der Waals surface area contributed by atoms with Gasteiger partial charge >= 0.3 is 0 Å². The second-order valence-corrected chi connectivity index (χ2v) is 3.15. The van der Waals surface area contributed by atoms with Crippen LogP contribution < -0.4 is 0 Å². The van der Waals surface area contributed by atoms with Gasteiger partial charge in [0, 0.05) is 12.4 Å². The lowest BCUT2D eigenvalue weighted by Gasteiger charge is -1.99. The fraction of sp³-hybridized carbons (Fsp3) is 0.800. The minimum absolute atomic E-state index is 0.743. The Balaban J connectivity index is 2.86. The molecule has 0 N–H and O–H groups in total. The van der Waals surface area contributed by atoms with E-state index in [1.54, 1.807) is 0 Å². The van der Waals surface area contributed by atoms with E-state index in [0.29, 0.717) is 0 Å². The predicted octanol–water partition coefficient (Wildman–Crippen LogP) is 3.07. The Morgan fingerprint density at radius 2 is 2.00 bits per heavy atom. The maximum absolute atomic E-state index is 5.36. The predicted molar refractivity (Wildman–Crippen MR) is 58.0 cm³/mol. The molecule has 0 aromatic rings. The van der Waals surface area contributed by atoms with Crippen LogP contribution in [-0.4, -0.2) is 19.0 Å². The second-order valence-electron chi connectivity index (χ2n) is 2.79. The van der Waals surface area contributed by atoms with Crippen LogP contribution in [0.3, 0.4) is 0 Å².